The number of carbonyl (C=O) groups is 1. The van der Waals surface area contributed by atoms with Crippen molar-refractivity contribution in [2.45, 2.75) is 58.7 Å². The first-order valence-corrected chi connectivity index (χ1v) is 9.03. The van der Waals surface area contributed by atoms with E-state index in [9.17, 15) is 9.59 Å². The summed E-state index contributed by atoms with van der Waals surface area (Å²) in [6, 6.07) is 0.359. The van der Waals surface area contributed by atoms with Crippen LogP contribution in [-0.4, -0.2) is 57.0 Å². The summed E-state index contributed by atoms with van der Waals surface area (Å²) in [6.07, 6.45) is 6.27. The maximum Gasteiger partial charge on any atom is 0.256 e. The summed E-state index contributed by atoms with van der Waals surface area (Å²) in [5.74, 6) is 0.780. The lowest BCUT2D eigenvalue weighted by molar-refractivity contribution is -0.134. The number of aromatic nitrogens is 2. The van der Waals surface area contributed by atoms with E-state index < -0.39 is 0 Å². The van der Waals surface area contributed by atoms with Crippen LogP contribution >= 0.6 is 0 Å². The van der Waals surface area contributed by atoms with Crippen LogP contribution in [0.2, 0.25) is 0 Å². The van der Waals surface area contributed by atoms with Crippen LogP contribution in [0.15, 0.2) is 17.3 Å². The van der Waals surface area contributed by atoms with Crippen molar-refractivity contribution in [3.63, 3.8) is 0 Å². The van der Waals surface area contributed by atoms with Crippen molar-refractivity contribution in [2.24, 2.45) is 5.92 Å². The first-order valence-electron chi connectivity index (χ1n) is 9.03. The lowest BCUT2D eigenvalue weighted by atomic mass is 9.95. The molecule has 0 N–H and O–H groups in total. The third kappa shape index (κ3) is 3.38. The summed E-state index contributed by atoms with van der Waals surface area (Å²) in [5, 5.41) is 0. The second-order valence-electron chi connectivity index (χ2n) is 7.44. The molecule has 0 spiro atoms. The molecule has 1 aromatic rings. The Balaban J connectivity index is 1.56. The molecule has 3 rings (SSSR count). The number of piperidine rings is 1. The Morgan fingerprint density at radius 1 is 1.17 bits per heavy atom. The molecular formula is C18H28N4O2. The molecule has 1 aromatic heterocycles. The average Bonchev–Trinajstić information content (AvgIpc) is 2.94. The standard InChI is InChI=1S/C18H28N4O2/c1-13(2)22-9-6-16(18(22)24)20-7-4-15(5-8-20)11-21-12-19-10-14(3)17(21)23/h10,12-13,15-16H,4-9,11H2,1-3H3. The van der Waals surface area contributed by atoms with E-state index in [1.807, 2.05) is 4.90 Å². The van der Waals surface area contributed by atoms with Crippen molar-refractivity contribution in [1.82, 2.24) is 19.4 Å². The fourth-order valence-corrected chi connectivity index (χ4v) is 3.95. The minimum Gasteiger partial charge on any atom is -0.339 e. The van der Waals surface area contributed by atoms with Crippen LogP contribution in [0.1, 0.15) is 38.7 Å². The number of hydrogen-bond donors (Lipinski definition) is 0. The topological polar surface area (TPSA) is 58.4 Å². The van der Waals surface area contributed by atoms with Crippen LogP contribution in [0.4, 0.5) is 0 Å². The second-order valence-corrected chi connectivity index (χ2v) is 7.44. The van der Waals surface area contributed by atoms with Crippen LogP contribution in [0.3, 0.4) is 0 Å². The van der Waals surface area contributed by atoms with Crippen molar-refractivity contribution in [3.05, 3.63) is 28.4 Å². The molecule has 0 bridgehead atoms. The highest BCUT2D eigenvalue weighted by atomic mass is 16.2. The Hall–Kier alpha value is -1.69. The molecule has 0 saturated carbocycles. The molecular weight excluding hydrogens is 304 g/mol. The molecule has 2 fully saturated rings. The predicted molar refractivity (Wildman–Crippen MR) is 92.8 cm³/mol. The number of aryl methyl sites for hydroxylation is 1. The number of rotatable bonds is 4. The van der Waals surface area contributed by atoms with Gasteiger partial charge in [-0.3, -0.25) is 19.1 Å². The fraction of sp³-hybridized carbons (Fsp3) is 0.722. The van der Waals surface area contributed by atoms with Crippen LogP contribution in [0, 0.1) is 12.8 Å². The van der Waals surface area contributed by atoms with E-state index in [0.717, 1.165) is 45.4 Å². The van der Waals surface area contributed by atoms with Crippen LogP contribution < -0.4 is 5.56 Å². The van der Waals surface area contributed by atoms with E-state index in [-0.39, 0.29) is 11.6 Å². The molecule has 6 nitrogen and oxygen atoms in total. The van der Waals surface area contributed by atoms with E-state index in [0.29, 0.717) is 23.4 Å². The third-order valence-electron chi connectivity index (χ3n) is 5.45. The molecule has 24 heavy (non-hydrogen) atoms. The fourth-order valence-electron chi connectivity index (χ4n) is 3.95. The van der Waals surface area contributed by atoms with Gasteiger partial charge in [0, 0.05) is 30.9 Å². The van der Waals surface area contributed by atoms with Crippen molar-refractivity contribution in [1.29, 1.82) is 0 Å². The summed E-state index contributed by atoms with van der Waals surface area (Å²) in [7, 11) is 0. The first kappa shape index (κ1) is 17.1. The average molecular weight is 332 g/mol. The van der Waals surface area contributed by atoms with Crippen LogP contribution in [0.25, 0.3) is 0 Å². The van der Waals surface area contributed by atoms with Crippen LogP contribution in [-0.2, 0) is 11.3 Å². The highest BCUT2D eigenvalue weighted by molar-refractivity contribution is 5.84. The van der Waals surface area contributed by atoms with Gasteiger partial charge in [0.1, 0.15) is 0 Å². The van der Waals surface area contributed by atoms with Gasteiger partial charge in [0.05, 0.1) is 12.4 Å². The lowest BCUT2D eigenvalue weighted by Gasteiger charge is -2.35. The van der Waals surface area contributed by atoms with E-state index in [1.54, 1.807) is 24.0 Å². The number of likely N-dealkylation sites (tertiary alicyclic amines) is 2. The molecule has 0 aliphatic carbocycles. The number of nitrogens with zero attached hydrogens (tertiary/aromatic N) is 4. The zero-order valence-corrected chi connectivity index (χ0v) is 14.9. The minimum absolute atomic E-state index is 0.0611. The summed E-state index contributed by atoms with van der Waals surface area (Å²) < 4.78 is 1.73. The molecule has 2 saturated heterocycles. The largest absolute Gasteiger partial charge is 0.339 e. The smallest absolute Gasteiger partial charge is 0.256 e. The Bertz CT molecular complexity index is 647. The van der Waals surface area contributed by atoms with E-state index in [2.05, 4.69) is 23.7 Å². The van der Waals surface area contributed by atoms with Gasteiger partial charge in [-0.1, -0.05) is 0 Å². The summed E-state index contributed by atoms with van der Waals surface area (Å²) in [5.41, 5.74) is 0.756. The lowest BCUT2D eigenvalue weighted by Crippen LogP contribution is -2.47. The van der Waals surface area contributed by atoms with Crippen molar-refractivity contribution in [3.8, 4) is 0 Å². The highest BCUT2D eigenvalue weighted by Gasteiger charge is 2.38. The Morgan fingerprint density at radius 2 is 1.88 bits per heavy atom. The second kappa shape index (κ2) is 7.05. The number of amides is 1. The maximum atomic E-state index is 12.5. The molecule has 2 aliphatic heterocycles. The zero-order valence-electron chi connectivity index (χ0n) is 14.9. The normalized spacial score (nSPS) is 23.4. The SMILES string of the molecule is Cc1cncn(CC2CCN(C3CCN(C(C)C)C3=O)CC2)c1=O. The van der Waals surface area contributed by atoms with Gasteiger partial charge in [-0.2, -0.15) is 0 Å². The van der Waals surface area contributed by atoms with Crippen molar-refractivity contribution < 1.29 is 4.79 Å². The quantitative estimate of drug-likeness (QED) is 0.833. The molecule has 132 valence electrons. The van der Waals surface area contributed by atoms with Gasteiger partial charge in [-0.25, -0.2) is 4.98 Å². The van der Waals surface area contributed by atoms with E-state index in [4.69, 9.17) is 0 Å². The monoisotopic (exact) mass is 332 g/mol. The molecule has 1 amide bonds. The van der Waals surface area contributed by atoms with Crippen LogP contribution in [0.5, 0.6) is 0 Å². The van der Waals surface area contributed by atoms with Gasteiger partial charge in [0.25, 0.3) is 5.56 Å². The molecule has 0 radical (unpaired) electrons. The Labute approximate surface area is 143 Å². The highest BCUT2D eigenvalue weighted by Crippen LogP contribution is 2.25. The Morgan fingerprint density at radius 3 is 2.50 bits per heavy atom. The zero-order chi connectivity index (χ0) is 17.3. The Kier molecular flexibility index (Phi) is 5.04. The van der Waals surface area contributed by atoms with Gasteiger partial charge < -0.3 is 4.90 Å². The summed E-state index contributed by atoms with van der Waals surface area (Å²) >= 11 is 0. The van der Waals surface area contributed by atoms with Crippen molar-refractivity contribution >= 4 is 5.91 Å². The van der Waals surface area contributed by atoms with E-state index >= 15 is 0 Å². The molecule has 2 aliphatic rings. The van der Waals surface area contributed by atoms with Crippen molar-refractivity contribution in [2.75, 3.05) is 19.6 Å². The maximum absolute atomic E-state index is 12.5. The molecule has 1 unspecified atom stereocenters. The van der Waals surface area contributed by atoms with Gasteiger partial charge in [0.15, 0.2) is 0 Å². The van der Waals surface area contributed by atoms with Gasteiger partial charge in [-0.05, 0) is 59.0 Å². The predicted octanol–water partition coefficient (Wildman–Crippen LogP) is 1.27. The summed E-state index contributed by atoms with van der Waals surface area (Å²) in [4.78, 5) is 33.1. The van der Waals surface area contributed by atoms with Gasteiger partial charge in [-0.15, -0.1) is 0 Å². The third-order valence-corrected chi connectivity index (χ3v) is 5.45. The van der Waals surface area contributed by atoms with Gasteiger partial charge >= 0.3 is 0 Å². The first-order chi connectivity index (χ1) is 11.5. The van der Waals surface area contributed by atoms with E-state index in [1.165, 1.54) is 0 Å². The van der Waals surface area contributed by atoms with Gasteiger partial charge in [0.2, 0.25) is 5.91 Å². The molecule has 0 aromatic carbocycles. The minimum atomic E-state index is 0.0611. The molecule has 6 heteroatoms. The number of hydrogen-bond acceptors (Lipinski definition) is 4. The molecule has 1 atom stereocenters. The number of carbonyl (C=O) groups excluding carboxylic acids is 1. The molecule has 3 heterocycles. The summed E-state index contributed by atoms with van der Waals surface area (Å²) in [6.45, 7) is 9.48.